The van der Waals surface area contributed by atoms with Gasteiger partial charge in [0.1, 0.15) is 0 Å². The van der Waals surface area contributed by atoms with Crippen LogP contribution >= 0.6 is 0 Å². The SMILES string of the molecule is COC(=O)CCCCC(=O)c1ccco1. The highest BCUT2D eigenvalue weighted by molar-refractivity contribution is 5.93. The number of unbranched alkanes of at least 4 members (excludes halogenated alkanes) is 1. The van der Waals surface area contributed by atoms with Crippen LogP contribution in [-0.4, -0.2) is 18.9 Å². The summed E-state index contributed by atoms with van der Waals surface area (Å²) in [7, 11) is 1.36. The Morgan fingerprint density at radius 3 is 2.67 bits per heavy atom. The van der Waals surface area contributed by atoms with E-state index < -0.39 is 0 Å². The molecule has 82 valence electrons. The predicted molar refractivity (Wildman–Crippen MR) is 53.5 cm³/mol. The third-order valence-corrected chi connectivity index (χ3v) is 2.06. The average Bonchev–Trinajstić information content (AvgIpc) is 2.77. The van der Waals surface area contributed by atoms with Crippen molar-refractivity contribution in [1.29, 1.82) is 0 Å². The molecule has 0 amide bonds. The van der Waals surface area contributed by atoms with Gasteiger partial charge >= 0.3 is 5.97 Å². The molecule has 0 radical (unpaired) electrons. The lowest BCUT2D eigenvalue weighted by Gasteiger charge is -1.98. The fourth-order valence-corrected chi connectivity index (χ4v) is 1.22. The maximum atomic E-state index is 11.4. The summed E-state index contributed by atoms with van der Waals surface area (Å²) in [6, 6.07) is 3.32. The molecule has 4 heteroatoms. The summed E-state index contributed by atoms with van der Waals surface area (Å²) in [5.41, 5.74) is 0. The number of Topliss-reactive ketones (excluding diaryl/α,β-unsaturated/α-hetero) is 1. The van der Waals surface area contributed by atoms with Gasteiger partial charge in [-0.2, -0.15) is 0 Å². The van der Waals surface area contributed by atoms with Crippen molar-refractivity contribution in [2.75, 3.05) is 7.11 Å². The van der Waals surface area contributed by atoms with Gasteiger partial charge in [-0.05, 0) is 25.0 Å². The average molecular weight is 210 g/mol. The van der Waals surface area contributed by atoms with Crippen LogP contribution in [0.1, 0.15) is 36.2 Å². The zero-order chi connectivity index (χ0) is 11.1. The van der Waals surface area contributed by atoms with Crippen LogP contribution in [0, 0.1) is 0 Å². The number of hydrogen-bond donors (Lipinski definition) is 0. The zero-order valence-corrected chi connectivity index (χ0v) is 8.69. The van der Waals surface area contributed by atoms with Crippen LogP contribution < -0.4 is 0 Å². The van der Waals surface area contributed by atoms with Crippen molar-refractivity contribution in [1.82, 2.24) is 0 Å². The molecule has 0 unspecified atom stereocenters. The first kappa shape index (κ1) is 11.5. The van der Waals surface area contributed by atoms with Gasteiger partial charge in [-0.1, -0.05) is 0 Å². The number of carbonyl (C=O) groups is 2. The topological polar surface area (TPSA) is 56.5 Å². The third-order valence-electron chi connectivity index (χ3n) is 2.06. The third kappa shape index (κ3) is 3.97. The van der Waals surface area contributed by atoms with Gasteiger partial charge in [0.25, 0.3) is 0 Å². The smallest absolute Gasteiger partial charge is 0.305 e. The fourth-order valence-electron chi connectivity index (χ4n) is 1.22. The lowest BCUT2D eigenvalue weighted by Crippen LogP contribution is -2.01. The van der Waals surface area contributed by atoms with Gasteiger partial charge in [-0.25, -0.2) is 0 Å². The molecule has 1 aromatic heterocycles. The number of ketones is 1. The molecule has 1 aromatic rings. The number of furan rings is 1. The predicted octanol–water partition coefficient (Wildman–Crippen LogP) is 2.20. The molecule has 0 atom stereocenters. The number of ether oxygens (including phenoxy) is 1. The minimum Gasteiger partial charge on any atom is -0.469 e. The van der Waals surface area contributed by atoms with Crippen LogP contribution in [0.4, 0.5) is 0 Å². The highest BCUT2D eigenvalue weighted by atomic mass is 16.5. The molecule has 1 heterocycles. The van der Waals surface area contributed by atoms with Crippen molar-refractivity contribution >= 4 is 11.8 Å². The Balaban J connectivity index is 2.16. The van der Waals surface area contributed by atoms with E-state index in [4.69, 9.17) is 4.42 Å². The van der Waals surface area contributed by atoms with E-state index in [-0.39, 0.29) is 11.8 Å². The van der Waals surface area contributed by atoms with Gasteiger partial charge in [0.2, 0.25) is 0 Å². The van der Waals surface area contributed by atoms with E-state index in [9.17, 15) is 9.59 Å². The van der Waals surface area contributed by atoms with Crippen LogP contribution in [0.2, 0.25) is 0 Å². The fraction of sp³-hybridized carbons (Fsp3) is 0.455. The molecule has 15 heavy (non-hydrogen) atoms. The van der Waals surface area contributed by atoms with E-state index in [1.54, 1.807) is 12.1 Å². The zero-order valence-electron chi connectivity index (χ0n) is 8.69. The Hall–Kier alpha value is -1.58. The second-order valence-corrected chi connectivity index (χ2v) is 3.18. The number of esters is 1. The second-order valence-electron chi connectivity index (χ2n) is 3.18. The molecule has 0 fully saturated rings. The standard InChI is InChI=1S/C11H14O4/c1-14-11(13)7-3-2-5-9(12)10-6-4-8-15-10/h4,6,8H,2-3,5,7H2,1H3. The Bertz CT molecular complexity index is 313. The maximum absolute atomic E-state index is 11.4. The van der Waals surface area contributed by atoms with Crippen LogP contribution in [0.5, 0.6) is 0 Å². The molecule has 4 nitrogen and oxygen atoms in total. The van der Waals surface area contributed by atoms with Gasteiger partial charge in [-0.3, -0.25) is 9.59 Å². The highest BCUT2D eigenvalue weighted by Crippen LogP contribution is 2.08. The summed E-state index contributed by atoms with van der Waals surface area (Å²) in [6.45, 7) is 0. The van der Waals surface area contributed by atoms with E-state index in [0.29, 0.717) is 31.4 Å². The van der Waals surface area contributed by atoms with Crippen molar-refractivity contribution in [3.05, 3.63) is 24.2 Å². The molecule has 0 aliphatic rings. The van der Waals surface area contributed by atoms with Gasteiger partial charge < -0.3 is 9.15 Å². The van der Waals surface area contributed by atoms with Crippen LogP contribution in [0.15, 0.2) is 22.8 Å². The summed E-state index contributed by atoms with van der Waals surface area (Å²) in [4.78, 5) is 22.2. The van der Waals surface area contributed by atoms with E-state index >= 15 is 0 Å². The van der Waals surface area contributed by atoms with Crippen molar-refractivity contribution in [2.45, 2.75) is 25.7 Å². The minimum absolute atomic E-state index is 0.0233. The first-order valence-electron chi connectivity index (χ1n) is 4.87. The minimum atomic E-state index is -0.236. The lowest BCUT2D eigenvalue weighted by atomic mass is 10.1. The van der Waals surface area contributed by atoms with Gasteiger partial charge in [0, 0.05) is 12.8 Å². The Morgan fingerprint density at radius 2 is 2.07 bits per heavy atom. The summed E-state index contributed by atoms with van der Waals surface area (Å²) in [5.74, 6) is 0.124. The van der Waals surface area contributed by atoms with Crippen LogP contribution in [0.25, 0.3) is 0 Å². The molecule has 0 N–H and O–H groups in total. The monoisotopic (exact) mass is 210 g/mol. The van der Waals surface area contributed by atoms with E-state index in [1.165, 1.54) is 13.4 Å². The molecule has 0 aliphatic carbocycles. The second kappa shape index (κ2) is 6.01. The van der Waals surface area contributed by atoms with Crippen molar-refractivity contribution in [2.24, 2.45) is 0 Å². The van der Waals surface area contributed by atoms with Crippen molar-refractivity contribution in [3.63, 3.8) is 0 Å². The highest BCUT2D eigenvalue weighted by Gasteiger charge is 2.08. The molecule has 0 aromatic carbocycles. The molecular weight excluding hydrogens is 196 g/mol. The van der Waals surface area contributed by atoms with Crippen LogP contribution in [-0.2, 0) is 9.53 Å². The molecular formula is C11H14O4. The molecule has 0 bridgehead atoms. The Morgan fingerprint density at radius 1 is 1.33 bits per heavy atom. The Kier molecular flexibility index (Phi) is 4.60. The normalized spacial score (nSPS) is 9.93. The number of rotatable bonds is 6. The van der Waals surface area contributed by atoms with Crippen LogP contribution in [0.3, 0.4) is 0 Å². The van der Waals surface area contributed by atoms with Gasteiger partial charge in [-0.15, -0.1) is 0 Å². The number of methoxy groups -OCH3 is 1. The molecule has 0 spiro atoms. The first-order chi connectivity index (χ1) is 7.24. The summed E-state index contributed by atoms with van der Waals surface area (Å²) in [5, 5.41) is 0. The van der Waals surface area contributed by atoms with E-state index in [1.807, 2.05) is 0 Å². The van der Waals surface area contributed by atoms with Gasteiger partial charge in [0.05, 0.1) is 13.4 Å². The lowest BCUT2D eigenvalue weighted by molar-refractivity contribution is -0.140. The summed E-state index contributed by atoms with van der Waals surface area (Å²) < 4.78 is 9.44. The maximum Gasteiger partial charge on any atom is 0.305 e. The number of hydrogen-bond acceptors (Lipinski definition) is 4. The summed E-state index contributed by atoms with van der Waals surface area (Å²) >= 11 is 0. The summed E-state index contributed by atoms with van der Waals surface area (Å²) in [6.07, 6.45) is 3.59. The molecule has 1 rings (SSSR count). The Labute approximate surface area is 88.2 Å². The number of carbonyl (C=O) groups excluding carboxylic acids is 2. The van der Waals surface area contributed by atoms with Crippen molar-refractivity contribution in [3.8, 4) is 0 Å². The first-order valence-corrected chi connectivity index (χ1v) is 4.87. The van der Waals surface area contributed by atoms with E-state index in [0.717, 1.165) is 0 Å². The van der Waals surface area contributed by atoms with Gasteiger partial charge in [0.15, 0.2) is 11.5 Å². The molecule has 0 saturated heterocycles. The quantitative estimate of drug-likeness (QED) is 0.410. The molecule has 0 aliphatic heterocycles. The molecule has 0 saturated carbocycles. The van der Waals surface area contributed by atoms with E-state index in [2.05, 4.69) is 4.74 Å². The van der Waals surface area contributed by atoms with Crippen molar-refractivity contribution < 1.29 is 18.7 Å². The largest absolute Gasteiger partial charge is 0.469 e.